The Labute approximate surface area is 159 Å². The van der Waals surface area contributed by atoms with E-state index < -0.39 is 0 Å². The molecule has 2 aromatic rings. The van der Waals surface area contributed by atoms with Gasteiger partial charge in [0, 0.05) is 5.41 Å². The van der Waals surface area contributed by atoms with E-state index in [-0.39, 0.29) is 11.0 Å². The van der Waals surface area contributed by atoms with E-state index in [0.29, 0.717) is 0 Å². The van der Waals surface area contributed by atoms with E-state index in [9.17, 15) is 0 Å². The molecule has 138 valence electrons. The van der Waals surface area contributed by atoms with Gasteiger partial charge in [-0.25, -0.2) is 0 Å². The lowest BCUT2D eigenvalue weighted by atomic mass is 9.70. The van der Waals surface area contributed by atoms with Crippen LogP contribution in [0.1, 0.15) is 67.9 Å². The van der Waals surface area contributed by atoms with Crippen LogP contribution in [-0.4, -0.2) is 12.2 Å². The maximum Gasteiger partial charge on any atom is 0.110 e. The fraction of sp³-hybridized carbons (Fsp3) is 0.440. The van der Waals surface area contributed by atoms with Crippen molar-refractivity contribution in [1.29, 1.82) is 0 Å². The number of benzene rings is 2. The molecule has 2 aromatic carbocycles. The zero-order valence-electron chi connectivity index (χ0n) is 16.9. The second-order valence-corrected chi connectivity index (χ2v) is 7.77. The van der Waals surface area contributed by atoms with Crippen LogP contribution in [0.4, 0.5) is 0 Å². The monoisotopic (exact) mass is 348 g/mol. The van der Waals surface area contributed by atoms with E-state index in [4.69, 9.17) is 4.74 Å². The SMILES string of the molecule is CCC1(/C=C/c2ccc(C(CC)(CC)c3cccc(C)c3)cc2C)CO1. The first kappa shape index (κ1) is 18.9. The average Bonchev–Trinajstić information content (AvgIpc) is 3.43. The van der Waals surface area contributed by atoms with Crippen molar-refractivity contribution < 1.29 is 4.74 Å². The predicted octanol–water partition coefficient (Wildman–Crippen LogP) is 6.60. The Kier molecular flexibility index (Phi) is 5.39. The molecule has 26 heavy (non-hydrogen) atoms. The standard InChI is InChI=1S/C25H32O/c1-6-24(18-26-24)15-14-21-12-13-23(17-20(21)5)25(7-2,8-3)22-11-9-10-19(4)16-22/h9-17H,6-8,18H2,1-5H3/b15-14+. The molecule has 1 heterocycles. The molecule has 0 aromatic heterocycles. The molecule has 1 unspecified atom stereocenters. The highest BCUT2D eigenvalue weighted by Crippen LogP contribution is 2.40. The van der Waals surface area contributed by atoms with Gasteiger partial charge in [0.2, 0.25) is 0 Å². The van der Waals surface area contributed by atoms with Gasteiger partial charge in [-0.2, -0.15) is 0 Å². The van der Waals surface area contributed by atoms with Crippen molar-refractivity contribution in [3.8, 4) is 0 Å². The Morgan fingerprint density at radius 3 is 2.23 bits per heavy atom. The number of rotatable bonds is 7. The zero-order valence-corrected chi connectivity index (χ0v) is 16.9. The minimum absolute atomic E-state index is 0.00325. The van der Waals surface area contributed by atoms with Crippen molar-refractivity contribution in [1.82, 2.24) is 0 Å². The molecular weight excluding hydrogens is 316 g/mol. The van der Waals surface area contributed by atoms with Gasteiger partial charge in [-0.15, -0.1) is 0 Å². The van der Waals surface area contributed by atoms with Crippen LogP contribution in [0.3, 0.4) is 0 Å². The summed E-state index contributed by atoms with van der Waals surface area (Å²) in [5, 5.41) is 0. The lowest BCUT2D eigenvalue weighted by molar-refractivity contribution is 0.345. The second kappa shape index (κ2) is 7.40. The number of hydrogen-bond donors (Lipinski definition) is 0. The summed E-state index contributed by atoms with van der Waals surface area (Å²) in [6.45, 7) is 12.1. The van der Waals surface area contributed by atoms with E-state index in [1.54, 1.807) is 0 Å². The Hall–Kier alpha value is -1.86. The molecule has 1 saturated heterocycles. The molecule has 0 saturated carbocycles. The number of hydrogen-bond acceptors (Lipinski definition) is 1. The molecule has 0 aliphatic carbocycles. The second-order valence-electron chi connectivity index (χ2n) is 7.77. The molecule has 1 aliphatic heterocycles. The highest BCUT2D eigenvalue weighted by Gasteiger charge is 2.39. The van der Waals surface area contributed by atoms with Crippen molar-refractivity contribution in [2.75, 3.05) is 6.61 Å². The summed E-state index contributed by atoms with van der Waals surface area (Å²) in [6, 6.07) is 16.0. The lowest BCUT2D eigenvalue weighted by Gasteiger charge is -2.34. The molecule has 0 N–H and O–H groups in total. The predicted molar refractivity (Wildman–Crippen MR) is 112 cm³/mol. The molecule has 1 fully saturated rings. The third-order valence-corrected chi connectivity index (χ3v) is 6.28. The van der Waals surface area contributed by atoms with Crippen LogP contribution in [0.5, 0.6) is 0 Å². The van der Waals surface area contributed by atoms with Crippen molar-refractivity contribution in [3.05, 3.63) is 76.4 Å². The molecule has 0 bridgehead atoms. The van der Waals surface area contributed by atoms with Crippen LogP contribution in [0, 0.1) is 13.8 Å². The van der Waals surface area contributed by atoms with E-state index in [1.165, 1.54) is 27.8 Å². The van der Waals surface area contributed by atoms with Crippen LogP contribution in [0.2, 0.25) is 0 Å². The molecule has 1 nitrogen and oxygen atoms in total. The van der Waals surface area contributed by atoms with Crippen molar-refractivity contribution in [2.24, 2.45) is 0 Å². The molecule has 1 aliphatic rings. The van der Waals surface area contributed by atoms with Crippen molar-refractivity contribution >= 4 is 6.08 Å². The Morgan fingerprint density at radius 1 is 1.00 bits per heavy atom. The number of epoxide rings is 1. The smallest absolute Gasteiger partial charge is 0.110 e. The number of ether oxygens (including phenoxy) is 1. The minimum atomic E-state index is 0.00325. The first-order chi connectivity index (χ1) is 12.5. The Bertz CT molecular complexity index is 792. The van der Waals surface area contributed by atoms with Crippen molar-refractivity contribution in [3.63, 3.8) is 0 Å². The third kappa shape index (κ3) is 3.50. The number of aryl methyl sites for hydroxylation is 2. The lowest BCUT2D eigenvalue weighted by Crippen LogP contribution is -2.26. The quantitative estimate of drug-likeness (QED) is 0.513. The normalized spacial score (nSPS) is 19.9. The van der Waals surface area contributed by atoms with E-state index in [2.05, 4.69) is 89.2 Å². The van der Waals surface area contributed by atoms with Gasteiger partial charge in [-0.1, -0.05) is 74.9 Å². The van der Waals surface area contributed by atoms with E-state index in [1.807, 2.05) is 0 Å². The summed E-state index contributed by atoms with van der Waals surface area (Å²) in [7, 11) is 0. The summed E-state index contributed by atoms with van der Waals surface area (Å²) in [4.78, 5) is 0. The molecule has 1 atom stereocenters. The van der Waals surface area contributed by atoms with Gasteiger partial charge in [0.05, 0.1) is 6.61 Å². The topological polar surface area (TPSA) is 12.5 Å². The fourth-order valence-electron chi connectivity index (χ4n) is 4.09. The van der Waals surface area contributed by atoms with Crippen LogP contribution < -0.4 is 0 Å². The molecule has 0 spiro atoms. The van der Waals surface area contributed by atoms with E-state index >= 15 is 0 Å². The fourth-order valence-corrected chi connectivity index (χ4v) is 4.09. The molecular formula is C25H32O. The van der Waals surface area contributed by atoms with Gasteiger partial charge < -0.3 is 4.74 Å². The summed E-state index contributed by atoms with van der Waals surface area (Å²) >= 11 is 0. The maximum absolute atomic E-state index is 5.60. The molecule has 0 amide bonds. The van der Waals surface area contributed by atoms with Gasteiger partial charge in [-0.05, 0) is 61.4 Å². The molecule has 3 rings (SSSR count). The van der Waals surface area contributed by atoms with Crippen LogP contribution in [-0.2, 0) is 10.2 Å². The maximum atomic E-state index is 5.60. The highest BCUT2D eigenvalue weighted by molar-refractivity contribution is 5.57. The van der Waals surface area contributed by atoms with Crippen LogP contribution >= 0.6 is 0 Å². The van der Waals surface area contributed by atoms with Gasteiger partial charge in [0.15, 0.2) is 0 Å². The van der Waals surface area contributed by atoms with E-state index in [0.717, 1.165) is 25.9 Å². The Morgan fingerprint density at radius 2 is 1.69 bits per heavy atom. The minimum Gasteiger partial charge on any atom is -0.365 e. The van der Waals surface area contributed by atoms with Gasteiger partial charge in [-0.3, -0.25) is 0 Å². The highest BCUT2D eigenvalue weighted by atomic mass is 16.6. The van der Waals surface area contributed by atoms with Crippen LogP contribution in [0.25, 0.3) is 6.08 Å². The van der Waals surface area contributed by atoms with Gasteiger partial charge >= 0.3 is 0 Å². The summed E-state index contributed by atoms with van der Waals surface area (Å²) in [6.07, 6.45) is 7.73. The summed E-state index contributed by atoms with van der Waals surface area (Å²) < 4.78 is 5.60. The van der Waals surface area contributed by atoms with Gasteiger partial charge in [0.25, 0.3) is 0 Å². The first-order valence-corrected chi connectivity index (χ1v) is 10.00. The summed E-state index contributed by atoms with van der Waals surface area (Å²) in [5.41, 5.74) is 6.91. The van der Waals surface area contributed by atoms with Crippen LogP contribution in [0.15, 0.2) is 48.5 Å². The van der Waals surface area contributed by atoms with Crippen molar-refractivity contribution in [2.45, 2.75) is 64.9 Å². The first-order valence-electron chi connectivity index (χ1n) is 10.00. The summed E-state index contributed by atoms with van der Waals surface area (Å²) in [5.74, 6) is 0. The average molecular weight is 349 g/mol. The van der Waals surface area contributed by atoms with Gasteiger partial charge in [0.1, 0.15) is 5.60 Å². The third-order valence-electron chi connectivity index (χ3n) is 6.28. The molecule has 0 radical (unpaired) electrons. The zero-order chi connectivity index (χ0) is 18.8. The Balaban J connectivity index is 1.97. The molecule has 1 heteroatoms. The largest absolute Gasteiger partial charge is 0.365 e.